The Hall–Kier alpha value is -2.00. The minimum Gasteiger partial charge on any atom is -0.444 e. The Labute approximate surface area is 144 Å². The second-order valence-corrected chi connectivity index (χ2v) is 7.30. The van der Waals surface area contributed by atoms with Gasteiger partial charge in [0.15, 0.2) is 0 Å². The summed E-state index contributed by atoms with van der Waals surface area (Å²) in [6, 6.07) is -0.948. The molecule has 0 aromatic rings. The van der Waals surface area contributed by atoms with Crippen molar-refractivity contribution >= 4 is 17.8 Å². The minimum atomic E-state index is -4.70. The van der Waals surface area contributed by atoms with Gasteiger partial charge in [0.25, 0.3) is 5.91 Å². The number of nitrogens with zero attached hydrogens (tertiary/aromatic N) is 3. The van der Waals surface area contributed by atoms with Crippen LogP contribution in [-0.2, 0) is 9.53 Å². The van der Waals surface area contributed by atoms with Crippen molar-refractivity contribution < 1.29 is 27.5 Å². The van der Waals surface area contributed by atoms with Gasteiger partial charge in [0.2, 0.25) is 5.84 Å². The first kappa shape index (κ1) is 19.3. The molecule has 0 aromatic carbocycles. The maximum atomic E-state index is 12.9. The lowest BCUT2D eigenvalue weighted by molar-refractivity contribution is -0.129. The monoisotopic (exact) mass is 364 g/mol. The largest absolute Gasteiger partial charge is 0.450 e. The fraction of sp³-hybridized carbons (Fsp3) is 0.800. The van der Waals surface area contributed by atoms with E-state index in [0.29, 0.717) is 17.9 Å². The number of rotatable bonds is 1. The lowest BCUT2D eigenvalue weighted by atomic mass is 9.83. The van der Waals surface area contributed by atoms with E-state index in [-0.39, 0.29) is 12.0 Å². The van der Waals surface area contributed by atoms with Crippen LogP contribution in [0.3, 0.4) is 0 Å². The van der Waals surface area contributed by atoms with Crippen molar-refractivity contribution in [2.75, 3.05) is 14.1 Å². The van der Waals surface area contributed by atoms with E-state index < -0.39 is 35.7 Å². The van der Waals surface area contributed by atoms with Crippen molar-refractivity contribution in [2.24, 2.45) is 10.9 Å². The van der Waals surface area contributed by atoms with E-state index in [4.69, 9.17) is 4.74 Å². The molecule has 2 aliphatic heterocycles. The molecule has 2 heterocycles. The standard InChI is InChI=1S/C15H23F3N4O3/c1-14(2,3)25-13(24)22-9-6-8(7-9)10(22)11(23)20-21(5)12(19-4)15(16,17)18/h8-10H,6-7H2,1-5H3,(H,20,23). The summed E-state index contributed by atoms with van der Waals surface area (Å²) in [5.74, 6) is -1.97. The average molecular weight is 364 g/mol. The number of nitrogens with one attached hydrogen (secondary N) is 1. The highest BCUT2D eigenvalue weighted by Gasteiger charge is 2.57. The summed E-state index contributed by atoms with van der Waals surface area (Å²) in [5, 5.41) is 0.533. The summed E-state index contributed by atoms with van der Waals surface area (Å²) in [4.78, 5) is 29.4. The van der Waals surface area contributed by atoms with Gasteiger partial charge in [-0.25, -0.2) is 4.79 Å². The molecule has 25 heavy (non-hydrogen) atoms. The van der Waals surface area contributed by atoms with Crippen molar-refractivity contribution in [1.29, 1.82) is 0 Å². The smallest absolute Gasteiger partial charge is 0.444 e. The molecular formula is C15H23F3N4O3. The molecule has 142 valence electrons. The molecule has 1 unspecified atom stereocenters. The molecule has 2 amide bonds. The molecular weight excluding hydrogens is 341 g/mol. The predicted molar refractivity (Wildman–Crippen MR) is 83.7 cm³/mol. The normalized spacial score (nSPS) is 26.2. The number of aliphatic imine (C=N–C) groups is 1. The highest BCUT2D eigenvalue weighted by atomic mass is 19.4. The SMILES string of the molecule is CN=C(N(C)NC(=O)C1C2CC(C2)N1C(=O)OC(C)(C)C)C(F)(F)F. The molecule has 7 nitrogen and oxygen atoms in total. The summed E-state index contributed by atoms with van der Waals surface area (Å²) >= 11 is 0. The Balaban J connectivity index is 2.09. The fourth-order valence-electron chi connectivity index (χ4n) is 3.24. The highest BCUT2D eigenvalue weighted by Crippen LogP contribution is 2.46. The zero-order chi connectivity index (χ0) is 19.2. The molecule has 3 rings (SSSR count). The maximum absolute atomic E-state index is 12.9. The molecule has 1 saturated carbocycles. The molecule has 1 aliphatic carbocycles. The lowest BCUT2D eigenvalue weighted by Gasteiger charge is -2.30. The number of ether oxygens (including phenoxy) is 1. The van der Waals surface area contributed by atoms with Crippen molar-refractivity contribution in [3.63, 3.8) is 0 Å². The van der Waals surface area contributed by atoms with Crippen molar-refractivity contribution in [2.45, 2.75) is 57.5 Å². The van der Waals surface area contributed by atoms with E-state index in [0.717, 1.165) is 14.1 Å². The molecule has 2 bridgehead atoms. The number of hydrogen-bond acceptors (Lipinski definition) is 4. The van der Waals surface area contributed by atoms with Gasteiger partial charge in [-0.1, -0.05) is 0 Å². The number of amidine groups is 1. The van der Waals surface area contributed by atoms with E-state index in [1.807, 2.05) is 0 Å². The molecule has 0 aromatic heterocycles. The number of alkyl halides is 3. The molecule has 3 fully saturated rings. The van der Waals surface area contributed by atoms with Crippen molar-refractivity contribution in [3.05, 3.63) is 0 Å². The Bertz CT molecular complexity index is 580. The Morgan fingerprint density at radius 3 is 2.24 bits per heavy atom. The second kappa shape index (κ2) is 6.38. The molecule has 0 radical (unpaired) electrons. The zero-order valence-electron chi connectivity index (χ0n) is 14.8. The number of hydrogen-bond donors (Lipinski definition) is 1. The second-order valence-electron chi connectivity index (χ2n) is 7.30. The van der Waals surface area contributed by atoms with Gasteiger partial charge in [-0.2, -0.15) is 13.2 Å². The lowest BCUT2D eigenvalue weighted by Crippen LogP contribution is -2.55. The number of carbonyl (C=O) groups excluding carboxylic acids is 2. The van der Waals surface area contributed by atoms with Crippen LogP contribution < -0.4 is 5.43 Å². The van der Waals surface area contributed by atoms with Gasteiger partial charge in [0, 0.05) is 20.1 Å². The van der Waals surface area contributed by atoms with E-state index in [2.05, 4.69) is 10.4 Å². The molecule has 10 heteroatoms. The van der Waals surface area contributed by atoms with Crippen LogP contribution in [0.15, 0.2) is 4.99 Å². The Morgan fingerprint density at radius 1 is 1.24 bits per heavy atom. The maximum Gasteiger partial charge on any atom is 0.450 e. The van der Waals surface area contributed by atoms with Crippen LogP contribution in [0.5, 0.6) is 0 Å². The number of hydrazine groups is 1. The van der Waals surface area contributed by atoms with Crippen LogP contribution in [-0.4, -0.2) is 65.7 Å². The van der Waals surface area contributed by atoms with Crippen LogP contribution >= 0.6 is 0 Å². The van der Waals surface area contributed by atoms with Gasteiger partial charge in [-0.05, 0) is 39.5 Å². The van der Waals surface area contributed by atoms with Crippen LogP contribution in [0.2, 0.25) is 0 Å². The van der Waals surface area contributed by atoms with Crippen LogP contribution in [0.1, 0.15) is 33.6 Å². The summed E-state index contributed by atoms with van der Waals surface area (Å²) in [6.07, 6.45) is -4.02. The topological polar surface area (TPSA) is 74.2 Å². The van der Waals surface area contributed by atoms with E-state index >= 15 is 0 Å². The first-order chi connectivity index (χ1) is 11.3. The highest BCUT2D eigenvalue weighted by molar-refractivity contribution is 5.92. The average Bonchev–Trinajstić information content (AvgIpc) is 2.89. The van der Waals surface area contributed by atoms with Gasteiger partial charge >= 0.3 is 12.3 Å². The number of halogens is 3. The summed E-state index contributed by atoms with van der Waals surface area (Å²) in [6.45, 7) is 5.13. The van der Waals surface area contributed by atoms with Gasteiger partial charge < -0.3 is 4.74 Å². The third-order valence-electron chi connectivity index (χ3n) is 4.22. The van der Waals surface area contributed by atoms with Gasteiger partial charge in [-0.15, -0.1) is 0 Å². The first-order valence-corrected chi connectivity index (χ1v) is 7.94. The molecule has 2 saturated heterocycles. The fourth-order valence-corrected chi connectivity index (χ4v) is 3.24. The Kier molecular flexibility index (Phi) is 4.93. The first-order valence-electron chi connectivity index (χ1n) is 7.94. The third-order valence-corrected chi connectivity index (χ3v) is 4.22. The van der Waals surface area contributed by atoms with E-state index in [1.165, 1.54) is 4.90 Å². The van der Waals surface area contributed by atoms with Crippen LogP contribution in [0.25, 0.3) is 0 Å². The van der Waals surface area contributed by atoms with Crippen LogP contribution in [0, 0.1) is 5.92 Å². The third kappa shape index (κ3) is 3.98. The van der Waals surface area contributed by atoms with Crippen molar-refractivity contribution in [1.82, 2.24) is 15.3 Å². The Morgan fingerprint density at radius 2 is 1.80 bits per heavy atom. The molecule has 1 N–H and O–H groups in total. The quantitative estimate of drug-likeness (QED) is 0.438. The molecule has 0 spiro atoms. The van der Waals surface area contributed by atoms with E-state index in [1.54, 1.807) is 20.8 Å². The van der Waals surface area contributed by atoms with Crippen LogP contribution in [0.4, 0.5) is 18.0 Å². The van der Waals surface area contributed by atoms with E-state index in [9.17, 15) is 22.8 Å². The zero-order valence-corrected chi connectivity index (χ0v) is 14.8. The number of amides is 2. The van der Waals surface area contributed by atoms with Gasteiger partial charge in [0.1, 0.15) is 11.6 Å². The van der Waals surface area contributed by atoms with Gasteiger partial charge in [0.05, 0.1) is 0 Å². The minimum absolute atomic E-state index is 0.0705. The summed E-state index contributed by atoms with van der Waals surface area (Å²) < 4.78 is 43.9. The summed E-state index contributed by atoms with van der Waals surface area (Å²) in [5.41, 5.74) is 1.46. The predicted octanol–water partition coefficient (Wildman–Crippen LogP) is 1.94. The summed E-state index contributed by atoms with van der Waals surface area (Å²) in [7, 11) is 2.05. The van der Waals surface area contributed by atoms with Gasteiger partial charge in [-0.3, -0.25) is 25.1 Å². The van der Waals surface area contributed by atoms with Crippen molar-refractivity contribution in [3.8, 4) is 0 Å². The molecule has 1 atom stereocenters. The molecule has 3 aliphatic rings. The number of fused-ring (bicyclic) bond motifs is 1. The number of carbonyl (C=O) groups is 2.